The summed E-state index contributed by atoms with van der Waals surface area (Å²) in [4.78, 5) is 3.92. The Labute approximate surface area is 103 Å². The molecule has 0 bridgehead atoms. The molecule has 84 valence electrons. The summed E-state index contributed by atoms with van der Waals surface area (Å²) in [6.45, 7) is 1.73. The van der Waals surface area contributed by atoms with Crippen LogP contribution in [-0.4, -0.2) is 25.0 Å². The molecule has 1 heterocycles. The third kappa shape index (κ3) is 3.43. The van der Waals surface area contributed by atoms with Gasteiger partial charge in [-0.1, -0.05) is 0 Å². The molecule has 6 heteroatoms. The molecule has 0 saturated heterocycles. The van der Waals surface area contributed by atoms with Crippen LogP contribution in [-0.2, 0) is 9.84 Å². The summed E-state index contributed by atoms with van der Waals surface area (Å²) < 4.78 is 24.3. The van der Waals surface area contributed by atoms with Gasteiger partial charge < -0.3 is 0 Å². The Hall–Kier alpha value is -0.130. The standard InChI is InChI=1S/C9H11BrClNO2S/c1-7-5-8(10)6-12-9(7)15(13,14)4-2-3-11/h5-6H,2-4H2,1H3. The number of sulfone groups is 1. The normalized spacial score (nSPS) is 11.7. The van der Waals surface area contributed by atoms with E-state index in [4.69, 9.17) is 11.6 Å². The Kier molecular flexibility index (Phi) is 4.55. The Morgan fingerprint density at radius 2 is 2.20 bits per heavy atom. The molecule has 0 atom stereocenters. The van der Waals surface area contributed by atoms with E-state index < -0.39 is 9.84 Å². The highest BCUT2D eigenvalue weighted by Crippen LogP contribution is 2.18. The summed E-state index contributed by atoms with van der Waals surface area (Å²) in [6.07, 6.45) is 1.93. The van der Waals surface area contributed by atoms with Gasteiger partial charge in [-0.25, -0.2) is 13.4 Å². The van der Waals surface area contributed by atoms with Crippen molar-refractivity contribution in [1.82, 2.24) is 4.98 Å². The number of halogens is 2. The first-order valence-corrected chi connectivity index (χ1v) is 7.36. The van der Waals surface area contributed by atoms with Gasteiger partial charge in [0.15, 0.2) is 14.9 Å². The average molecular weight is 313 g/mol. The molecule has 0 aliphatic carbocycles. The highest BCUT2D eigenvalue weighted by atomic mass is 79.9. The molecule has 1 rings (SSSR count). The maximum atomic E-state index is 11.8. The number of nitrogens with zero attached hydrogens (tertiary/aromatic N) is 1. The highest BCUT2D eigenvalue weighted by Gasteiger charge is 2.18. The van der Waals surface area contributed by atoms with Crippen LogP contribution in [0.25, 0.3) is 0 Å². The van der Waals surface area contributed by atoms with Gasteiger partial charge in [-0.3, -0.25) is 0 Å². The van der Waals surface area contributed by atoms with Crippen LogP contribution in [0.1, 0.15) is 12.0 Å². The molecule has 3 nitrogen and oxygen atoms in total. The van der Waals surface area contributed by atoms with Gasteiger partial charge in [-0.2, -0.15) is 0 Å². The van der Waals surface area contributed by atoms with Crippen molar-refractivity contribution in [3.63, 3.8) is 0 Å². The molecule has 0 saturated carbocycles. The molecule has 0 aromatic carbocycles. The molecule has 1 aromatic rings. The Morgan fingerprint density at radius 3 is 2.73 bits per heavy atom. The maximum Gasteiger partial charge on any atom is 0.195 e. The average Bonchev–Trinajstić information content (AvgIpc) is 2.14. The number of hydrogen-bond acceptors (Lipinski definition) is 3. The van der Waals surface area contributed by atoms with Crippen molar-refractivity contribution in [2.24, 2.45) is 0 Å². The predicted octanol–water partition coefficient (Wildman–Crippen LogP) is 2.56. The van der Waals surface area contributed by atoms with Crippen LogP contribution < -0.4 is 0 Å². The second-order valence-corrected chi connectivity index (χ2v) is 6.46. The number of rotatable bonds is 4. The van der Waals surface area contributed by atoms with E-state index in [0.717, 1.165) is 4.47 Å². The second-order valence-electron chi connectivity index (χ2n) is 3.14. The smallest absolute Gasteiger partial charge is 0.195 e. The molecule has 0 N–H and O–H groups in total. The largest absolute Gasteiger partial charge is 0.243 e. The van der Waals surface area contributed by atoms with E-state index in [2.05, 4.69) is 20.9 Å². The summed E-state index contributed by atoms with van der Waals surface area (Å²) in [5.41, 5.74) is 0.652. The third-order valence-corrected chi connectivity index (χ3v) is 4.38. The Morgan fingerprint density at radius 1 is 1.53 bits per heavy atom. The van der Waals surface area contributed by atoms with E-state index in [0.29, 0.717) is 17.9 Å². The van der Waals surface area contributed by atoms with Gasteiger partial charge in [0.25, 0.3) is 0 Å². The lowest BCUT2D eigenvalue weighted by molar-refractivity contribution is 0.590. The zero-order valence-electron chi connectivity index (χ0n) is 8.20. The van der Waals surface area contributed by atoms with E-state index in [1.54, 1.807) is 13.0 Å². The van der Waals surface area contributed by atoms with E-state index in [9.17, 15) is 8.42 Å². The van der Waals surface area contributed by atoms with Crippen molar-refractivity contribution >= 4 is 37.4 Å². The summed E-state index contributed by atoms with van der Waals surface area (Å²) >= 11 is 8.70. The fourth-order valence-corrected chi connectivity index (χ4v) is 3.41. The molecule has 1 aromatic heterocycles. The molecular formula is C9H11BrClNO2S. The third-order valence-electron chi connectivity index (χ3n) is 1.84. The van der Waals surface area contributed by atoms with Crippen molar-refractivity contribution in [2.75, 3.05) is 11.6 Å². The van der Waals surface area contributed by atoms with Crippen molar-refractivity contribution < 1.29 is 8.42 Å². The topological polar surface area (TPSA) is 47.0 Å². The molecular weight excluding hydrogens is 302 g/mol. The van der Waals surface area contributed by atoms with Crippen LogP contribution >= 0.6 is 27.5 Å². The van der Waals surface area contributed by atoms with Gasteiger partial charge in [0.05, 0.1) is 5.75 Å². The van der Waals surface area contributed by atoms with Crippen LogP contribution in [0, 0.1) is 6.92 Å². The first-order valence-electron chi connectivity index (χ1n) is 4.38. The quantitative estimate of drug-likeness (QED) is 0.803. The first kappa shape index (κ1) is 12.9. The Balaban J connectivity index is 3.05. The number of alkyl halides is 1. The summed E-state index contributed by atoms with van der Waals surface area (Å²) in [5.74, 6) is 0.390. The van der Waals surface area contributed by atoms with Crippen LogP contribution in [0.5, 0.6) is 0 Å². The minimum atomic E-state index is -3.29. The molecule has 15 heavy (non-hydrogen) atoms. The molecule has 0 fully saturated rings. The molecule has 0 amide bonds. The molecule has 0 aliphatic heterocycles. The van der Waals surface area contributed by atoms with E-state index in [1.807, 2.05) is 0 Å². The fraction of sp³-hybridized carbons (Fsp3) is 0.444. The van der Waals surface area contributed by atoms with Crippen molar-refractivity contribution in [3.05, 3.63) is 22.3 Å². The molecule has 0 aliphatic rings. The van der Waals surface area contributed by atoms with E-state index in [-0.39, 0.29) is 10.8 Å². The minimum Gasteiger partial charge on any atom is -0.243 e. The van der Waals surface area contributed by atoms with Crippen molar-refractivity contribution in [2.45, 2.75) is 18.4 Å². The SMILES string of the molecule is Cc1cc(Br)cnc1S(=O)(=O)CCCCl. The number of hydrogen-bond donors (Lipinski definition) is 0. The Bertz CT molecular complexity index is 447. The van der Waals surface area contributed by atoms with E-state index in [1.165, 1.54) is 6.20 Å². The van der Waals surface area contributed by atoms with Gasteiger partial charge in [0, 0.05) is 16.5 Å². The molecule has 0 unspecified atom stereocenters. The van der Waals surface area contributed by atoms with Gasteiger partial charge in [-0.05, 0) is 40.9 Å². The van der Waals surface area contributed by atoms with Crippen LogP contribution in [0.4, 0.5) is 0 Å². The first-order chi connectivity index (χ1) is 6.97. The van der Waals surface area contributed by atoms with Crippen molar-refractivity contribution in [3.8, 4) is 0 Å². The van der Waals surface area contributed by atoms with Gasteiger partial charge in [0.2, 0.25) is 0 Å². The van der Waals surface area contributed by atoms with Gasteiger partial charge >= 0.3 is 0 Å². The monoisotopic (exact) mass is 311 g/mol. The summed E-state index contributed by atoms with van der Waals surface area (Å²) in [5, 5.41) is 0.149. The minimum absolute atomic E-state index is 0.0476. The predicted molar refractivity (Wildman–Crippen MR) is 64.1 cm³/mol. The number of aromatic nitrogens is 1. The van der Waals surface area contributed by atoms with Gasteiger partial charge in [0.1, 0.15) is 0 Å². The van der Waals surface area contributed by atoms with Crippen LogP contribution in [0.15, 0.2) is 21.8 Å². The van der Waals surface area contributed by atoms with Crippen LogP contribution in [0.2, 0.25) is 0 Å². The van der Waals surface area contributed by atoms with Crippen molar-refractivity contribution in [1.29, 1.82) is 0 Å². The lowest BCUT2D eigenvalue weighted by Gasteiger charge is -2.05. The molecule has 0 radical (unpaired) electrons. The lowest BCUT2D eigenvalue weighted by atomic mass is 10.3. The lowest BCUT2D eigenvalue weighted by Crippen LogP contribution is -2.11. The zero-order chi connectivity index (χ0) is 11.5. The maximum absolute atomic E-state index is 11.8. The molecule has 0 spiro atoms. The van der Waals surface area contributed by atoms with Crippen LogP contribution in [0.3, 0.4) is 0 Å². The summed E-state index contributed by atoms with van der Waals surface area (Å²) in [7, 11) is -3.29. The zero-order valence-corrected chi connectivity index (χ0v) is 11.4. The number of pyridine rings is 1. The fourth-order valence-electron chi connectivity index (χ4n) is 1.19. The number of aryl methyl sites for hydroxylation is 1. The highest BCUT2D eigenvalue weighted by molar-refractivity contribution is 9.10. The van der Waals surface area contributed by atoms with Gasteiger partial charge in [-0.15, -0.1) is 11.6 Å². The van der Waals surface area contributed by atoms with E-state index >= 15 is 0 Å². The second kappa shape index (κ2) is 5.27. The summed E-state index contributed by atoms with van der Waals surface area (Å²) in [6, 6.07) is 1.74.